The van der Waals surface area contributed by atoms with Crippen LogP contribution in [0, 0.1) is 5.82 Å². The fraction of sp³-hybridized carbons (Fsp3) is 0.280. The molecule has 2 aromatic heterocycles. The van der Waals surface area contributed by atoms with Crippen LogP contribution in [0.2, 0.25) is 0 Å². The molecule has 188 valence electrons. The second-order valence-electron chi connectivity index (χ2n) is 8.57. The van der Waals surface area contributed by atoms with Crippen molar-refractivity contribution in [2.75, 3.05) is 6.26 Å². The average Bonchev–Trinajstić information content (AvgIpc) is 2.86. The van der Waals surface area contributed by atoms with E-state index in [0.29, 0.717) is 31.4 Å². The zero-order chi connectivity index (χ0) is 25.7. The van der Waals surface area contributed by atoms with E-state index in [9.17, 15) is 22.4 Å². The van der Waals surface area contributed by atoms with Crippen LogP contribution in [0.4, 0.5) is 4.39 Å². The van der Waals surface area contributed by atoms with Gasteiger partial charge in [0.1, 0.15) is 22.8 Å². The Morgan fingerprint density at radius 1 is 0.944 bits per heavy atom. The number of hydrogen-bond donors (Lipinski definition) is 2. The van der Waals surface area contributed by atoms with Gasteiger partial charge in [-0.05, 0) is 62.1 Å². The number of carbonyl (C=O) groups is 2. The third-order valence-electron chi connectivity index (χ3n) is 5.81. The van der Waals surface area contributed by atoms with Gasteiger partial charge in [-0.2, -0.15) is 0 Å². The molecule has 4 rings (SSSR count). The zero-order valence-electron chi connectivity index (χ0n) is 19.5. The zero-order valence-corrected chi connectivity index (χ0v) is 20.3. The first kappa shape index (κ1) is 25.2. The quantitative estimate of drug-likeness (QED) is 0.497. The van der Waals surface area contributed by atoms with Crippen LogP contribution >= 0.6 is 0 Å². The summed E-state index contributed by atoms with van der Waals surface area (Å²) in [7, 11) is -3.47. The van der Waals surface area contributed by atoms with E-state index in [1.807, 2.05) is 0 Å². The van der Waals surface area contributed by atoms with Crippen molar-refractivity contribution in [3.63, 3.8) is 0 Å². The van der Waals surface area contributed by atoms with E-state index in [4.69, 9.17) is 4.74 Å². The monoisotopic (exact) mass is 512 g/mol. The highest BCUT2D eigenvalue weighted by Gasteiger charge is 2.26. The maximum absolute atomic E-state index is 13.9. The highest BCUT2D eigenvalue weighted by molar-refractivity contribution is 7.90. The largest absolute Gasteiger partial charge is 0.438 e. The predicted octanol–water partition coefficient (Wildman–Crippen LogP) is 3.28. The van der Waals surface area contributed by atoms with Crippen molar-refractivity contribution in [2.45, 2.75) is 42.7 Å². The molecule has 0 bridgehead atoms. The Kier molecular flexibility index (Phi) is 7.58. The van der Waals surface area contributed by atoms with Crippen LogP contribution in [-0.4, -0.2) is 48.5 Å². The Hall–Kier alpha value is -3.86. The molecule has 0 aliphatic heterocycles. The summed E-state index contributed by atoms with van der Waals surface area (Å²) in [6.07, 6.45) is 6.10. The molecule has 9 nitrogen and oxygen atoms in total. The number of halogens is 1. The number of carbonyl (C=O) groups excluding carboxylic acids is 2. The van der Waals surface area contributed by atoms with Gasteiger partial charge in [0.15, 0.2) is 9.84 Å². The van der Waals surface area contributed by atoms with E-state index in [1.165, 1.54) is 24.3 Å². The maximum Gasteiger partial charge on any atom is 0.270 e. The lowest BCUT2D eigenvalue weighted by atomic mass is 9.91. The van der Waals surface area contributed by atoms with Crippen molar-refractivity contribution < 1.29 is 27.1 Å². The number of nitrogens with zero attached hydrogens (tertiary/aromatic N) is 2. The van der Waals surface area contributed by atoms with Crippen LogP contribution in [0.3, 0.4) is 0 Å². The molecule has 0 unspecified atom stereocenters. The van der Waals surface area contributed by atoms with E-state index in [2.05, 4.69) is 20.6 Å². The van der Waals surface area contributed by atoms with E-state index in [1.54, 1.807) is 24.4 Å². The molecule has 1 fully saturated rings. The van der Waals surface area contributed by atoms with Gasteiger partial charge in [-0.1, -0.05) is 12.1 Å². The molecule has 11 heteroatoms. The van der Waals surface area contributed by atoms with Crippen LogP contribution in [0.15, 0.2) is 65.8 Å². The summed E-state index contributed by atoms with van der Waals surface area (Å²) < 4.78 is 43.2. The van der Waals surface area contributed by atoms with Gasteiger partial charge in [0.05, 0.1) is 11.1 Å². The van der Waals surface area contributed by atoms with Gasteiger partial charge >= 0.3 is 0 Å². The minimum Gasteiger partial charge on any atom is -0.438 e. The number of benzene rings is 1. The third-order valence-corrected chi connectivity index (χ3v) is 6.92. The number of amides is 2. The lowest BCUT2D eigenvalue weighted by Gasteiger charge is -2.29. The molecule has 0 spiro atoms. The third kappa shape index (κ3) is 6.42. The molecule has 3 aromatic rings. The highest BCUT2D eigenvalue weighted by atomic mass is 32.2. The topological polar surface area (TPSA) is 127 Å². The van der Waals surface area contributed by atoms with E-state index in [0.717, 1.165) is 18.5 Å². The fourth-order valence-electron chi connectivity index (χ4n) is 3.95. The summed E-state index contributed by atoms with van der Waals surface area (Å²) >= 11 is 0. The number of ether oxygens (including phenoxy) is 1. The molecule has 1 aliphatic rings. The SMILES string of the molecule is CS(=O)(=O)c1cccc(Oc2ncc(F)cc2C(=O)N[C@H]2CC[C@@H](NC(=O)c3ccccn3)CC2)c1. The summed E-state index contributed by atoms with van der Waals surface area (Å²) in [5, 5.41) is 5.85. The number of pyridine rings is 2. The van der Waals surface area contributed by atoms with Gasteiger partial charge in [0, 0.05) is 24.5 Å². The van der Waals surface area contributed by atoms with E-state index < -0.39 is 21.6 Å². The molecule has 2 amide bonds. The molecule has 2 heterocycles. The first-order valence-corrected chi connectivity index (χ1v) is 13.2. The predicted molar refractivity (Wildman–Crippen MR) is 129 cm³/mol. The van der Waals surface area contributed by atoms with E-state index >= 15 is 0 Å². The number of aromatic nitrogens is 2. The Labute approximate surface area is 208 Å². The summed E-state index contributed by atoms with van der Waals surface area (Å²) in [6.45, 7) is 0. The smallest absolute Gasteiger partial charge is 0.270 e. The van der Waals surface area contributed by atoms with Gasteiger partial charge < -0.3 is 15.4 Å². The lowest BCUT2D eigenvalue weighted by molar-refractivity contribution is 0.0887. The van der Waals surface area contributed by atoms with Crippen molar-refractivity contribution in [3.05, 3.63) is 78.0 Å². The average molecular weight is 513 g/mol. The van der Waals surface area contributed by atoms with Crippen LogP contribution in [0.5, 0.6) is 11.6 Å². The van der Waals surface area contributed by atoms with Crippen molar-refractivity contribution >= 4 is 21.7 Å². The molecule has 1 aromatic carbocycles. The van der Waals surface area contributed by atoms with Crippen LogP contribution in [0.1, 0.15) is 46.5 Å². The fourth-order valence-corrected chi connectivity index (χ4v) is 4.61. The molecule has 0 saturated heterocycles. The highest BCUT2D eigenvalue weighted by Crippen LogP contribution is 2.27. The minimum atomic E-state index is -3.47. The van der Waals surface area contributed by atoms with Gasteiger partial charge in [-0.15, -0.1) is 0 Å². The standard InChI is InChI=1S/C25H25FN4O5S/c1-36(33,34)20-6-4-5-19(14-20)35-25-21(13-16(26)15-28-25)23(31)29-17-8-10-18(11-9-17)30-24(32)22-7-2-3-12-27-22/h2-7,12-15,17-18H,8-11H2,1H3,(H,29,31)(H,30,32)/t17-,18+. The Bertz CT molecular complexity index is 1360. The minimum absolute atomic E-state index is 0.0375. The number of hydrogen-bond acceptors (Lipinski definition) is 7. The summed E-state index contributed by atoms with van der Waals surface area (Å²) in [6, 6.07) is 11.7. The van der Waals surface area contributed by atoms with Crippen molar-refractivity contribution in [3.8, 4) is 11.6 Å². The lowest BCUT2D eigenvalue weighted by Crippen LogP contribution is -2.44. The molecule has 1 saturated carbocycles. The molecule has 0 atom stereocenters. The van der Waals surface area contributed by atoms with Gasteiger partial charge in [0.25, 0.3) is 11.8 Å². The number of rotatable bonds is 7. The molecular formula is C25H25FN4O5S. The van der Waals surface area contributed by atoms with Gasteiger partial charge in [-0.25, -0.2) is 17.8 Å². The van der Waals surface area contributed by atoms with Crippen molar-refractivity contribution in [2.24, 2.45) is 0 Å². The first-order chi connectivity index (χ1) is 17.2. The second-order valence-corrected chi connectivity index (χ2v) is 10.6. The summed E-state index contributed by atoms with van der Waals surface area (Å²) in [4.78, 5) is 33.3. The van der Waals surface area contributed by atoms with E-state index in [-0.39, 0.29) is 40.1 Å². The first-order valence-electron chi connectivity index (χ1n) is 11.4. The van der Waals surface area contributed by atoms with Crippen molar-refractivity contribution in [1.82, 2.24) is 20.6 Å². The molecular weight excluding hydrogens is 487 g/mol. The summed E-state index contributed by atoms with van der Waals surface area (Å²) in [5.74, 6) is -1.50. The number of nitrogens with one attached hydrogen (secondary N) is 2. The second kappa shape index (κ2) is 10.8. The summed E-state index contributed by atoms with van der Waals surface area (Å²) in [5.41, 5.74) is 0.242. The van der Waals surface area contributed by atoms with Crippen LogP contribution in [0.25, 0.3) is 0 Å². The Balaban J connectivity index is 1.39. The normalized spacial score (nSPS) is 17.7. The van der Waals surface area contributed by atoms with Gasteiger partial charge in [0.2, 0.25) is 5.88 Å². The Morgan fingerprint density at radius 2 is 1.64 bits per heavy atom. The van der Waals surface area contributed by atoms with Crippen LogP contribution in [-0.2, 0) is 9.84 Å². The number of sulfone groups is 1. The molecule has 0 radical (unpaired) electrons. The molecule has 36 heavy (non-hydrogen) atoms. The van der Waals surface area contributed by atoms with Crippen molar-refractivity contribution in [1.29, 1.82) is 0 Å². The van der Waals surface area contributed by atoms with Gasteiger partial charge in [-0.3, -0.25) is 14.6 Å². The Morgan fingerprint density at radius 3 is 2.28 bits per heavy atom. The molecule has 1 aliphatic carbocycles. The molecule has 2 N–H and O–H groups in total. The maximum atomic E-state index is 13.9. The van der Waals surface area contributed by atoms with Crippen LogP contribution < -0.4 is 15.4 Å².